The lowest BCUT2D eigenvalue weighted by Gasteiger charge is -2.34. The maximum Gasteiger partial charge on any atom is 0.211 e. The summed E-state index contributed by atoms with van der Waals surface area (Å²) >= 11 is 0. The SMILES string of the molecule is C[Si]O[Si](C)(C)C(CCC1CCC2OC2C1)CCC1CCC2OC2C1. The van der Waals surface area contributed by atoms with Gasteiger partial charge in [-0.25, -0.2) is 0 Å². The third kappa shape index (κ3) is 4.78. The second-order valence-electron chi connectivity index (χ2n) is 9.55. The summed E-state index contributed by atoms with van der Waals surface area (Å²) in [5.74, 6) is 1.82. The van der Waals surface area contributed by atoms with Crippen molar-refractivity contribution in [3.05, 3.63) is 0 Å². The van der Waals surface area contributed by atoms with Crippen LogP contribution in [0.5, 0.6) is 0 Å². The zero-order valence-electron chi connectivity index (χ0n) is 16.3. The maximum absolute atomic E-state index is 6.35. The van der Waals surface area contributed by atoms with Crippen LogP contribution in [0.15, 0.2) is 0 Å². The molecule has 0 N–H and O–H groups in total. The van der Waals surface area contributed by atoms with E-state index in [2.05, 4.69) is 19.6 Å². The van der Waals surface area contributed by atoms with Crippen molar-refractivity contribution in [3.63, 3.8) is 0 Å². The molecule has 2 saturated heterocycles. The molecule has 4 aliphatic rings. The lowest BCUT2D eigenvalue weighted by atomic mass is 9.83. The van der Waals surface area contributed by atoms with Crippen molar-refractivity contribution in [2.24, 2.45) is 11.8 Å². The number of rotatable bonds is 9. The van der Waals surface area contributed by atoms with Gasteiger partial charge >= 0.3 is 0 Å². The lowest BCUT2D eigenvalue weighted by molar-refractivity contribution is 0.321. The van der Waals surface area contributed by atoms with E-state index in [0.29, 0.717) is 34.2 Å². The quantitative estimate of drug-likeness (QED) is 0.420. The Morgan fingerprint density at radius 2 is 1.40 bits per heavy atom. The normalized spacial score (nSPS) is 40.9. The number of epoxide rings is 2. The van der Waals surface area contributed by atoms with E-state index < -0.39 is 8.32 Å². The smallest absolute Gasteiger partial charge is 0.211 e. The van der Waals surface area contributed by atoms with E-state index in [1.165, 1.54) is 64.2 Å². The van der Waals surface area contributed by atoms with Crippen LogP contribution in [0.3, 0.4) is 0 Å². The van der Waals surface area contributed by atoms with Gasteiger partial charge in [-0.3, -0.25) is 0 Å². The van der Waals surface area contributed by atoms with Gasteiger partial charge in [-0.2, -0.15) is 0 Å². The highest BCUT2D eigenvalue weighted by Gasteiger charge is 2.45. The van der Waals surface area contributed by atoms with Gasteiger partial charge in [0, 0.05) is 0 Å². The van der Waals surface area contributed by atoms with Gasteiger partial charge in [-0.1, -0.05) is 25.7 Å². The molecule has 2 heterocycles. The number of ether oxygens (including phenoxy) is 2. The van der Waals surface area contributed by atoms with E-state index in [4.69, 9.17) is 13.6 Å². The Morgan fingerprint density at radius 1 is 0.880 bits per heavy atom. The summed E-state index contributed by atoms with van der Waals surface area (Å²) in [5, 5.41) is 0. The Kier molecular flexibility index (Phi) is 5.78. The summed E-state index contributed by atoms with van der Waals surface area (Å²) in [6, 6.07) is 0. The summed E-state index contributed by atoms with van der Waals surface area (Å²) < 4.78 is 17.8. The minimum atomic E-state index is -1.57. The highest BCUT2D eigenvalue weighted by atomic mass is 28.4. The predicted octanol–water partition coefficient (Wildman–Crippen LogP) is 4.94. The van der Waals surface area contributed by atoms with Crippen LogP contribution >= 0.6 is 0 Å². The Balaban J connectivity index is 1.27. The van der Waals surface area contributed by atoms with Crippen LogP contribution in [0.1, 0.15) is 64.2 Å². The molecule has 6 atom stereocenters. The first-order chi connectivity index (χ1) is 12.0. The van der Waals surface area contributed by atoms with E-state index >= 15 is 0 Å². The number of hydrogen-bond acceptors (Lipinski definition) is 3. The minimum Gasteiger partial charge on any atom is -0.456 e. The van der Waals surface area contributed by atoms with Gasteiger partial charge in [0.1, 0.15) is 0 Å². The first-order valence-electron chi connectivity index (χ1n) is 10.7. The number of hydrogen-bond donors (Lipinski definition) is 0. The van der Waals surface area contributed by atoms with Gasteiger partial charge in [0.25, 0.3) is 0 Å². The highest BCUT2D eigenvalue weighted by Crippen LogP contribution is 2.45. The minimum absolute atomic E-state index is 0.629. The molecule has 0 amide bonds. The lowest BCUT2D eigenvalue weighted by Crippen LogP contribution is -2.38. The van der Waals surface area contributed by atoms with Gasteiger partial charge in [-0.05, 0) is 75.5 Å². The molecule has 2 saturated carbocycles. The van der Waals surface area contributed by atoms with Crippen LogP contribution in [-0.2, 0) is 13.6 Å². The predicted molar refractivity (Wildman–Crippen MR) is 104 cm³/mol. The molecule has 2 aliphatic carbocycles. The molecule has 3 nitrogen and oxygen atoms in total. The molecular weight excluding hydrogens is 344 g/mol. The molecule has 0 spiro atoms. The Morgan fingerprint density at radius 3 is 1.84 bits per heavy atom. The molecule has 2 aliphatic heterocycles. The highest BCUT2D eigenvalue weighted by molar-refractivity contribution is 6.76. The first kappa shape index (κ1) is 18.7. The summed E-state index contributed by atoms with van der Waals surface area (Å²) in [4.78, 5) is 0. The van der Waals surface area contributed by atoms with Crippen molar-refractivity contribution in [3.8, 4) is 0 Å². The third-order valence-electron chi connectivity index (χ3n) is 7.42. The van der Waals surface area contributed by atoms with Gasteiger partial charge in [0.2, 0.25) is 9.76 Å². The van der Waals surface area contributed by atoms with Crippen molar-refractivity contribution >= 4 is 18.1 Å². The molecule has 2 radical (unpaired) electrons. The maximum atomic E-state index is 6.35. The molecule has 0 aromatic carbocycles. The van der Waals surface area contributed by atoms with Crippen LogP contribution in [0, 0.1) is 11.8 Å². The molecule has 0 bridgehead atoms. The van der Waals surface area contributed by atoms with Crippen LogP contribution in [0.2, 0.25) is 25.2 Å². The average Bonchev–Trinajstić information content (AvgIpc) is 3.47. The standard InChI is InChI=1S/C20H36O3Si2/c1-24-23-25(2,3)16(8-4-14-6-10-17-19(12-14)21-17)9-5-15-7-11-18-20(13-15)22-18/h14-20H,4-13H2,1-3H3. The molecule has 142 valence electrons. The Labute approximate surface area is 157 Å². The average molecular weight is 381 g/mol. The van der Waals surface area contributed by atoms with Crippen molar-refractivity contribution in [1.29, 1.82) is 0 Å². The summed E-state index contributed by atoms with van der Waals surface area (Å²) in [5.41, 5.74) is 0.829. The van der Waals surface area contributed by atoms with E-state index in [9.17, 15) is 0 Å². The van der Waals surface area contributed by atoms with Crippen LogP contribution in [0.25, 0.3) is 0 Å². The third-order valence-corrected chi connectivity index (χ3v) is 12.9. The number of fused-ring (bicyclic) bond motifs is 2. The fourth-order valence-electron chi connectivity index (χ4n) is 5.56. The fourth-order valence-corrected chi connectivity index (χ4v) is 10.1. The van der Waals surface area contributed by atoms with Crippen LogP contribution < -0.4 is 0 Å². The molecule has 5 heteroatoms. The fraction of sp³-hybridized carbons (Fsp3) is 1.00. The molecular formula is C20H36O3Si2. The van der Waals surface area contributed by atoms with E-state index in [-0.39, 0.29) is 0 Å². The molecule has 0 aromatic rings. The van der Waals surface area contributed by atoms with E-state index in [1.54, 1.807) is 0 Å². The van der Waals surface area contributed by atoms with E-state index in [0.717, 1.165) is 17.4 Å². The van der Waals surface area contributed by atoms with E-state index in [1.807, 2.05) is 0 Å². The first-order valence-corrected chi connectivity index (χ1v) is 15.1. The van der Waals surface area contributed by atoms with Gasteiger partial charge in [0.15, 0.2) is 8.32 Å². The van der Waals surface area contributed by atoms with Gasteiger partial charge in [-0.15, -0.1) is 0 Å². The van der Waals surface area contributed by atoms with Gasteiger partial charge in [0.05, 0.1) is 24.4 Å². The summed E-state index contributed by atoms with van der Waals surface area (Å²) in [6.45, 7) is 7.13. The molecule has 6 unspecified atom stereocenters. The molecule has 4 rings (SSSR count). The van der Waals surface area contributed by atoms with Crippen molar-refractivity contribution in [1.82, 2.24) is 0 Å². The van der Waals surface area contributed by atoms with Crippen LogP contribution in [0.4, 0.5) is 0 Å². The summed E-state index contributed by atoms with van der Waals surface area (Å²) in [6.07, 6.45) is 16.2. The zero-order valence-corrected chi connectivity index (χ0v) is 18.3. The molecule has 25 heavy (non-hydrogen) atoms. The summed E-state index contributed by atoms with van der Waals surface area (Å²) in [7, 11) is -0.915. The zero-order chi connectivity index (χ0) is 17.4. The van der Waals surface area contributed by atoms with Crippen molar-refractivity contribution < 1.29 is 13.6 Å². The van der Waals surface area contributed by atoms with Crippen LogP contribution in [-0.4, -0.2) is 42.5 Å². The van der Waals surface area contributed by atoms with Gasteiger partial charge < -0.3 is 13.6 Å². The second-order valence-corrected chi connectivity index (χ2v) is 14.8. The topological polar surface area (TPSA) is 34.3 Å². The van der Waals surface area contributed by atoms with Crippen molar-refractivity contribution in [2.45, 2.75) is 114 Å². The molecule has 4 fully saturated rings. The monoisotopic (exact) mass is 380 g/mol. The molecule has 0 aromatic heterocycles. The largest absolute Gasteiger partial charge is 0.456 e. The second kappa shape index (κ2) is 7.74. The Hall–Kier alpha value is 0.314. The van der Waals surface area contributed by atoms with Crippen molar-refractivity contribution in [2.75, 3.05) is 0 Å². The Bertz CT molecular complexity index is 426.